The molecule has 0 radical (unpaired) electrons. The molecule has 0 saturated heterocycles. The van der Waals surface area contributed by atoms with Crippen LogP contribution in [0.5, 0.6) is 0 Å². The fourth-order valence-corrected chi connectivity index (χ4v) is 4.33. The molecular weight excluding hydrogens is 360 g/mol. The molecule has 1 saturated carbocycles. The van der Waals surface area contributed by atoms with Gasteiger partial charge in [-0.2, -0.15) is 0 Å². The van der Waals surface area contributed by atoms with Crippen LogP contribution in [-0.4, -0.2) is 30.4 Å². The summed E-state index contributed by atoms with van der Waals surface area (Å²) in [4.78, 5) is 47.9. The minimum absolute atomic E-state index is 0.0345. The van der Waals surface area contributed by atoms with E-state index in [0.717, 1.165) is 24.2 Å². The first-order valence-electron chi connectivity index (χ1n) is 8.39. The van der Waals surface area contributed by atoms with E-state index in [0.29, 0.717) is 18.4 Å². The van der Waals surface area contributed by atoms with E-state index in [9.17, 15) is 24.3 Å². The lowest BCUT2D eigenvalue weighted by Crippen LogP contribution is -2.42. The average molecular weight is 381 g/mol. The molecule has 8 nitrogen and oxygen atoms in total. The monoisotopic (exact) mass is 381 g/mol. The van der Waals surface area contributed by atoms with Gasteiger partial charge in [-0.15, -0.1) is 11.3 Å². The van der Waals surface area contributed by atoms with Crippen molar-refractivity contribution in [3.63, 3.8) is 0 Å². The third kappa shape index (κ3) is 4.04. The first kappa shape index (κ1) is 19.9. The number of carboxylic acid groups (broad SMARTS) is 1. The molecular formula is C17H21N2O6S-. The van der Waals surface area contributed by atoms with Gasteiger partial charge in [0.1, 0.15) is 9.88 Å². The van der Waals surface area contributed by atoms with Gasteiger partial charge < -0.3 is 25.7 Å². The number of rotatable bonds is 6. The number of carboxylic acids is 1. The molecule has 142 valence electrons. The van der Waals surface area contributed by atoms with Crippen molar-refractivity contribution in [1.29, 1.82) is 0 Å². The highest BCUT2D eigenvalue weighted by Gasteiger charge is 2.33. The average Bonchev–Trinajstić information content (AvgIpc) is 2.91. The molecule has 1 aromatic rings. The van der Waals surface area contributed by atoms with Crippen molar-refractivity contribution in [2.24, 2.45) is 17.6 Å². The number of aliphatic carboxylic acids is 1. The third-order valence-corrected chi connectivity index (χ3v) is 5.68. The summed E-state index contributed by atoms with van der Waals surface area (Å²) < 4.78 is 4.95. The minimum Gasteiger partial charge on any atom is -0.550 e. The van der Waals surface area contributed by atoms with E-state index in [4.69, 9.17) is 10.5 Å². The number of primary amides is 1. The van der Waals surface area contributed by atoms with E-state index in [-0.39, 0.29) is 22.0 Å². The van der Waals surface area contributed by atoms with E-state index < -0.39 is 35.6 Å². The Bertz CT molecular complexity index is 742. The van der Waals surface area contributed by atoms with E-state index in [1.54, 1.807) is 13.8 Å². The van der Waals surface area contributed by atoms with Gasteiger partial charge in [0.25, 0.3) is 5.91 Å². The smallest absolute Gasteiger partial charge is 0.348 e. The Balaban J connectivity index is 2.31. The zero-order valence-electron chi connectivity index (χ0n) is 14.6. The number of esters is 1. The molecule has 1 aliphatic rings. The standard InChI is InChI=1S/C17H22N2O6S/c1-3-25-17(24)12-8(2)11(13(18)20)15(26-12)19-14(21)9-6-4-5-7-10(9)16(22)23/h9-10H,3-7H2,1-2H3,(H2,18,20)(H,19,21)(H,22,23)/p-1. The van der Waals surface area contributed by atoms with Crippen molar-refractivity contribution < 1.29 is 29.0 Å². The van der Waals surface area contributed by atoms with Gasteiger partial charge in [0.2, 0.25) is 5.91 Å². The van der Waals surface area contributed by atoms with Crippen LogP contribution in [0, 0.1) is 18.8 Å². The summed E-state index contributed by atoms with van der Waals surface area (Å²) in [5, 5.41) is 14.0. The van der Waals surface area contributed by atoms with Gasteiger partial charge >= 0.3 is 5.97 Å². The van der Waals surface area contributed by atoms with Crippen LogP contribution < -0.4 is 16.2 Å². The molecule has 9 heteroatoms. The summed E-state index contributed by atoms with van der Waals surface area (Å²) in [6, 6.07) is 0. The van der Waals surface area contributed by atoms with Crippen LogP contribution >= 0.6 is 11.3 Å². The molecule has 2 amide bonds. The Hall–Kier alpha value is -2.42. The molecule has 1 heterocycles. The SMILES string of the molecule is CCOC(=O)c1sc(NC(=O)C2CCCCC2C(=O)[O-])c(C(N)=O)c1C. The van der Waals surface area contributed by atoms with E-state index >= 15 is 0 Å². The molecule has 0 aromatic carbocycles. The van der Waals surface area contributed by atoms with Crippen LogP contribution in [0.4, 0.5) is 5.00 Å². The predicted molar refractivity (Wildman–Crippen MR) is 92.6 cm³/mol. The van der Waals surface area contributed by atoms with Gasteiger partial charge in [0.15, 0.2) is 0 Å². The van der Waals surface area contributed by atoms with Crippen molar-refractivity contribution >= 4 is 40.1 Å². The van der Waals surface area contributed by atoms with Crippen molar-refractivity contribution in [2.75, 3.05) is 11.9 Å². The fourth-order valence-electron chi connectivity index (χ4n) is 3.22. The highest BCUT2D eigenvalue weighted by molar-refractivity contribution is 7.18. The van der Waals surface area contributed by atoms with Gasteiger partial charge in [0, 0.05) is 17.8 Å². The maximum atomic E-state index is 12.6. The highest BCUT2D eigenvalue weighted by atomic mass is 32.1. The molecule has 1 aliphatic carbocycles. The maximum Gasteiger partial charge on any atom is 0.348 e. The number of hydrogen-bond acceptors (Lipinski definition) is 7. The van der Waals surface area contributed by atoms with Crippen LogP contribution in [0.25, 0.3) is 0 Å². The second-order valence-corrected chi connectivity index (χ2v) is 7.17. The molecule has 2 rings (SSSR count). The second-order valence-electron chi connectivity index (χ2n) is 6.15. The topological polar surface area (TPSA) is 139 Å². The Morgan fingerprint density at radius 1 is 1.23 bits per heavy atom. The number of nitrogens with two attached hydrogens (primary N) is 1. The largest absolute Gasteiger partial charge is 0.550 e. The van der Waals surface area contributed by atoms with E-state index in [2.05, 4.69) is 5.32 Å². The quantitative estimate of drug-likeness (QED) is 0.700. The summed E-state index contributed by atoms with van der Waals surface area (Å²) in [5.74, 6) is -4.78. The Labute approximate surface area is 154 Å². The first-order valence-corrected chi connectivity index (χ1v) is 9.21. The summed E-state index contributed by atoms with van der Waals surface area (Å²) in [6.07, 6.45) is 2.26. The maximum absolute atomic E-state index is 12.6. The number of carbonyl (C=O) groups is 4. The lowest BCUT2D eigenvalue weighted by molar-refractivity contribution is -0.313. The fraction of sp³-hybridized carbons (Fsp3) is 0.529. The van der Waals surface area contributed by atoms with Gasteiger partial charge in [0.05, 0.1) is 12.2 Å². The molecule has 2 atom stereocenters. The zero-order valence-corrected chi connectivity index (χ0v) is 15.4. The Morgan fingerprint density at radius 3 is 2.38 bits per heavy atom. The number of carbonyl (C=O) groups excluding carboxylic acids is 4. The predicted octanol–water partition coefficient (Wildman–Crippen LogP) is 0.827. The first-order chi connectivity index (χ1) is 12.3. The summed E-state index contributed by atoms with van der Waals surface area (Å²) in [6.45, 7) is 3.36. The number of thiophene rings is 1. The number of nitrogens with one attached hydrogen (secondary N) is 1. The second kappa shape index (κ2) is 8.31. The van der Waals surface area contributed by atoms with Crippen molar-refractivity contribution in [3.05, 3.63) is 16.0 Å². The Kier molecular flexibility index (Phi) is 6.36. The number of amides is 2. The van der Waals surface area contributed by atoms with Crippen LogP contribution in [0.2, 0.25) is 0 Å². The normalized spacial score (nSPS) is 19.6. The van der Waals surface area contributed by atoms with Gasteiger partial charge in [-0.3, -0.25) is 9.59 Å². The zero-order chi connectivity index (χ0) is 19.4. The van der Waals surface area contributed by atoms with Crippen LogP contribution in [-0.2, 0) is 14.3 Å². The highest BCUT2D eigenvalue weighted by Crippen LogP contribution is 2.36. The number of hydrogen-bond donors (Lipinski definition) is 2. The lowest BCUT2D eigenvalue weighted by atomic mass is 9.79. The molecule has 2 unspecified atom stereocenters. The third-order valence-electron chi connectivity index (χ3n) is 4.50. The molecule has 1 fully saturated rings. The van der Waals surface area contributed by atoms with E-state index in [1.165, 1.54) is 0 Å². The molecule has 26 heavy (non-hydrogen) atoms. The summed E-state index contributed by atoms with van der Waals surface area (Å²) in [7, 11) is 0. The van der Waals surface area contributed by atoms with Gasteiger partial charge in [-0.25, -0.2) is 4.79 Å². The van der Waals surface area contributed by atoms with Crippen molar-refractivity contribution in [2.45, 2.75) is 39.5 Å². The molecule has 0 spiro atoms. The number of anilines is 1. The lowest BCUT2D eigenvalue weighted by Gasteiger charge is -2.31. The summed E-state index contributed by atoms with van der Waals surface area (Å²) in [5.41, 5.74) is 5.76. The van der Waals surface area contributed by atoms with Gasteiger partial charge in [-0.1, -0.05) is 12.8 Å². The van der Waals surface area contributed by atoms with Gasteiger partial charge in [-0.05, 0) is 32.3 Å². The van der Waals surface area contributed by atoms with Crippen molar-refractivity contribution in [1.82, 2.24) is 0 Å². The van der Waals surface area contributed by atoms with E-state index in [1.807, 2.05) is 0 Å². The minimum atomic E-state index is -1.26. The number of ether oxygens (including phenoxy) is 1. The van der Waals surface area contributed by atoms with Crippen LogP contribution in [0.15, 0.2) is 0 Å². The Morgan fingerprint density at radius 2 is 1.85 bits per heavy atom. The molecule has 0 aliphatic heterocycles. The van der Waals surface area contributed by atoms with Crippen LogP contribution in [0.1, 0.15) is 58.2 Å². The summed E-state index contributed by atoms with van der Waals surface area (Å²) >= 11 is 0.894. The molecule has 3 N–H and O–H groups in total. The van der Waals surface area contributed by atoms with Crippen LogP contribution in [0.3, 0.4) is 0 Å². The molecule has 0 bridgehead atoms. The van der Waals surface area contributed by atoms with Crippen molar-refractivity contribution in [3.8, 4) is 0 Å². The molecule has 1 aromatic heterocycles.